The Kier molecular flexibility index (Phi) is 6.29. The van der Waals surface area contributed by atoms with Gasteiger partial charge in [0, 0.05) is 17.6 Å². The van der Waals surface area contributed by atoms with Crippen LogP contribution >= 0.6 is 15.9 Å². The van der Waals surface area contributed by atoms with E-state index in [-0.39, 0.29) is 4.90 Å². The minimum Gasteiger partial charge on any atom is -0.495 e. The highest BCUT2D eigenvalue weighted by atomic mass is 79.9. The van der Waals surface area contributed by atoms with E-state index in [0.29, 0.717) is 18.8 Å². The lowest BCUT2D eigenvalue weighted by molar-refractivity contribution is 0.383. The van der Waals surface area contributed by atoms with E-state index in [0.717, 1.165) is 35.7 Å². The average molecular weight is 390 g/mol. The van der Waals surface area contributed by atoms with Crippen molar-refractivity contribution in [3.05, 3.63) is 22.2 Å². The summed E-state index contributed by atoms with van der Waals surface area (Å²) in [5, 5.41) is 0. The second-order valence-electron chi connectivity index (χ2n) is 5.78. The van der Waals surface area contributed by atoms with Gasteiger partial charge in [-0.25, -0.2) is 8.42 Å². The molecule has 0 aliphatic carbocycles. The minimum absolute atomic E-state index is 0.256. The molecule has 0 aromatic heterocycles. The molecule has 4 nitrogen and oxygen atoms in total. The predicted molar refractivity (Wildman–Crippen MR) is 91.9 cm³/mol. The fourth-order valence-corrected chi connectivity index (χ4v) is 4.95. The lowest BCUT2D eigenvalue weighted by Crippen LogP contribution is -2.33. The Balaban J connectivity index is 2.37. The topological polar surface area (TPSA) is 46.6 Å². The number of aryl methyl sites for hydroxylation is 1. The van der Waals surface area contributed by atoms with Crippen molar-refractivity contribution < 1.29 is 13.2 Å². The van der Waals surface area contributed by atoms with Crippen molar-refractivity contribution in [1.29, 1.82) is 0 Å². The number of sulfonamides is 1. The van der Waals surface area contributed by atoms with Gasteiger partial charge in [0.25, 0.3) is 0 Å². The molecule has 6 heteroatoms. The van der Waals surface area contributed by atoms with Crippen LogP contribution in [0.25, 0.3) is 0 Å². The molecule has 1 fully saturated rings. The van der Waals surface area contributed by atoms with Gasteiger partial charge in [0.05, 0.1) is 7.11 Å². The van der Waals surface area contributed by atoms with E-state index in [1.165, 1.54) is 20.0 Å². The molecule has 1 saturated heterocycles. The average Bonchev–Trinajstić information content (AvgIpc) is 2.63. The van der Waals surface area contributed by atoms with Gasteiger partial charge in [-0.15, -0.1) is 0 Å². The fourth-order valence-electron chi connectivity index (χ4n) is 2.77. The highest BCUT2D eigenvalue weighted by Crippen LogP contribution is 2.32. The second-order valence-corrected chi connectivity index (χ2v) is 8.54. The van der Waals surface area contributed by atoms with Gasteiger partial charge in [-0.2, -0.15) is 4.31 Å². The van der Waals surface area contributed by atoms with Crippen molar-refractivity contribution in [3.63, 3.8) is 0 Å². The van der Waals surface area contributed by atoms with Crippen molar-refractivity contribution in [1.82, 2.24) is 4.31 Å². The molecular weight excluding hydrogens is 366 g/mol. The quantitative estimate of drug-likeness (QED) is 0.780. The monoisotopic (exact) mass is 389 g/mol. The van der Waals surface area contributed by atoms with Gasteiger partial charge in [0.15, 0.2) is 0 Å². The summed E-state index contributed by atoms with van der Waals surface area (Å²) < 4.78 is 33.8. The highest BCUT2D eigenvalue weighted by Gasteiger charge is 2.28. The summed E-state index contributed by atoms with van der Waals surface area (Å²) >= 11 is 3.43. The number of ether oxygens (including phenoxy) is 1. The molecule has 0 saturated carbocycles. The summed E-state index contributed by atoms with van der Waals surface area (Å²) in [5.74, 6) is 0.417. The van der Waals surface area contributed by atoms with E-state index < -0.39 is 10.0 Å². The van der Waals surface area contributed by atoms with E-state index in [9.17, 15) is 8.42 Å². The van der Waals surface area contributed by atoms with Crippen molar-refractivity contribution in [3.8, 4) is 5.75 Å². The minimum atomic E-state index is -3.52. The SMILES string of the molecule is COc1cc(C)c(Br)cc1S(=O)(=O)N1CCCCCCCC1. The van der Waals surface area contributed by atoms with Gasteiger partial charge in [0.1, 0.15) is 10.6 Å². The maximum absolute atomic E-state index is 13.0. The fraction of sp³-hybridized carbons (Fsp3) is 0.625. The van der Waals surface area contributed by atoms with E-state index in [4.69, 9.17) is 4.74 Å². The normalized spacial score (nSPS) is 18.3. The number of nitrogens with zero attached hydrogens (tertiary/aromatic N) is 1. The molecule has 1 aliphatic heterocycles. The third-order valence-electron chi connectivity index (χ3n) is 4.13. The third-order valence-corrected chi connectivity index (χ3v) is 6.90. The van der Waals surface area contributed by atoms with Gasteiger partial charge >= 0.3 is 0 Å². The van der Waals surface area contributed by atoms with Crippen LogP contribution in [0.5, 0.6) is 5.75 Å². The lowest BCUT2D eigenvalue weighted by Gasteiger charge is -2.23. The molecule has 2 rings (SSSR count). The number of rotatable bonds is 3. The van der Waals surface area contributed by atoms with Gasteiger partial charge in [0.2, 0.25) is 10.0 Å². The number of hydrogen-bond acceptors (Lipinski definition) is 3. The maximum Gasteiger partial charge on any atom is 0.246 e. The van der Waals surface area contributed by atoms with Gasteiger partial charge in [-0.1, -0.05) is 41.6 Å². The van der Waals surface area contributed by atoms with Crippen LogP contribution in [0.3, 0.4) is 0 Å². The van der Waals surface area contributed by atoms with Gasteiger partial charge in [-0.05, 0) is 37.5 Å². The Labute approximate surface area is 142 Å². The van der Waals surface area contributed by atoms with Gasteiger partial charge in [-0.3, -0.25) is 0 Å². The highest BCUT2D eigenvalue weighted by molar-refractivity contribution is 9.10. The largest absolute Gasteiger partial charge is 0.495 e. The zero-order chi connectivity index (χ0) is 16.2. The molecule has 1 aromatic carbocycles. The Morgan fingerprint density at radius 1 is 1.05 bits per heavy atom. The zero-order valence-corrected chi connectivity index (χ0v) is 15.7. The summed E-state index contributed by atoms with van der Waals surface area (Å²) in [6.45, 7) is 3.11. The first-order chi connectivity index (χ1) is 10.5. The molecule has 0 bridgehead atoms. The first-order valence-corrected chi connectivity index (χ1v) is 10.0. The van der Waals surface area contributed by atoms with Crippen molar-refractivity contribution in [2.24, 2.45) is 0 Å². The molecule has 0 amide bonds. The molecule has 0 unspecified atom stereocenters. The number of methoxy groups -OCH3 is 1. The molecule has 1 heterocycles. The van der Waals surface area contributed by atoms with Crippen LogP contribution < -0.4 is 4.74 Å². The van der Waals surface area contributed by atoms with Crippen LogP contribution in [0, 0.1) is 6.92 Å². The second kappa shape index (κ2) is 7.79. The van der Waals surface area contributed by atoms with Crippen LogP contribution in [0.15, 0.2) is 21.5 Å². The smallest absolute Gasteiger partial charge is 0.246 e. The molecule has 0 spiro atoms. The summed E-state index contributed by atoms with van der Waals surface area (Å²) in [6, 6.07) is 3.43. The van der Waals surface area contributed by atoms with E-state index >= 15 is 0 Å². The summed E-state index contributed by atoms with van der Waals surface area (Å²) in [6.07, 6.45) is 6.45. The maximum atomic E-state index is 13.0. The van der Waals surface area contributed by atoms with Crippen LogP contribution in [0.4, 0.5) is 0 Å². The predicted octanol–water partition coefficient (Wildman–Crippen LogP) is 4.11. The molecule has 0 atom stereocenters. The molecule has 0 radical (unpaired) electrons. The van der Waals surface area contributed by atoms with E-state index in [1.807, 2.05) is 6.92 Å². The molecule has 1 aromatic rings. The third kappa shape index (κ3) is 4.03. The van der Waals surface area contributed by atoms with Crippen molar-refractivity contribution >= 4 is 26.0 Å². The Hall–Kier alpha value is -0.590. The number of halogens is 1. The molecule has 0 N–H and O–H groups in total. The summed E-state index contributed by atoms with van der Waals surface area (Å²) in [7, 11) is -2.01. The van der Waals surface area contributed by atoms with Crippen LogP contribution in [0.2, 0.25) is 0 Å². The van der Waals surface area contributed by atoms with Crippen molar-refractivity contribution in [2.75, 3.05) is 20.2 Å². The summed E-state index contributed by atoms with van der Waals surface area (Å²) in [5.41, 5.74) is 0.959. The van der Waals surface area contributed by atoms with Gasteiger partial charge < -0.3 is 4.74 Å². The molecule has 1 aliphatic rings. The molecule has 22 heavy (non-hydrogen) atoms. The van der Waals surface area contributed by atoms with E-state index in [2.05, 4.69) is 15.9 Å². The van der Waals surface area contributed by atoms with E-state index in [1.54, 1.807) is 16.4 Å². The Bertz CT molecular complexity index is 606. The van der Waals surface area contributed by atoms with Crippen LogP contribution in [0.1, 0.15) is 44.1 Å². The van der Waals surface area contributed by atoms with Crippen molar-refractivity contribution in [2.45, 2.75) is 50.3 Å². The first-order valence-electron chi connectivity index (χ1n) is 7.81. The summed E-state index contributed by atoms with van der Waals surface area (Å²) in [4.78, 5) is 0.256. The Morgan fingerprint density at radius 3 is 2.14 bits per heavy atom. The van der Waals surface area contributed by atoms with Crippen LogP contribution in [-0.2, 0) is 10.0 Å². The van der Waals surface area contributed by atoms with Crippen LogP contribution in [-0.4, -0.2) is 32.9 Å². The number of benzene rings is 1. The standard InChI is InChI=1S/C16H24BrNO3S/c1-13-11-15(21-2)16(12-14(13)17)22(19,20)18-9-7-5-3-4-6-8-10-18/h11-12H,3-10H2,1-2H3. The number of hydrogen-bond donors (Lipinski definition) is 0. The molecule has 124 valence electrons. The lowest BCUT2D eigenvalue weighted by atomic mass is 10.1. The molecular formula is C16H24BrNO3S. The first kappa shape index (κ1) is 17.8. The zero-order valence-electron chi connectivity index (χ0n) is 13.3. The Morgan fingerprint density at radius 2 is 1.59 bits per heavy atom.